The number of hydrogen-bond donors (Lipinski definition) is 2. The van der Waals surface area contributed by atoms with Crippen molar-refractivity contribution >= 4 is 0 Å². The van der Waals surface area contributed by atoms with Crippen LogP contribution in [0, 0.1) is 23.2 Å². The van der Waals surface area contributed by atoms with Gasteiger partial charge in [0.05, 0.1) is 6.04 Å². The summed E-state index contributed by atoms with van der Waals surface area (Å²) in [4.78, 5) is 4.56. The highest BCUT2D eigenvalue weighted by Gasteiger charge is 2.55. The first kappa shape index (κ1) is 11.9. The predicted molar refractivity (Wildman–Crippen MR) is 73.9 cm³/mol. The first-order valence-electron chi connectivity index (χ1n) is 7.63. The van der Waals surface area contributed by atoms with E-state index in [4.69, 9.17) is 5.84 Å². The van der Waals surface area contributed by atoms with Gasteiger partial charge in [-0.15, -0.1) is 0 Å². The minimum absolute atomic E-state index is 0.223. The number of nitrogens with zero attached hydrogens (tertiary/aromatic N) is 2. The molecule has 4 heteroatoms. The molecule has 0 aliphatic heterocycles. The van der Waals surface area contributed by atoms with Crippen LogP contribution in [0.3, 0.4) is 0 Å². The third-order valence-electron chi connectivity index (χ3n) is 5.98. The second-order valence-corrected chi connectivity index (χ2v) is 7.28. The molecule has 0 amide bonds. The molecule has 3 N–H and O–H groups in total. The zero-order valence-electron chi connectivity index (χ0n) is 11.7. The molecule has 0 spiro atoms. The van der Waals surface area contributed by atoms with Crippen LogP contribution >= 0.6 is 0 Å². The minimum atomic E-state index is 0.223. The summed E-state index contributed by atoms with van der Waals surface area (Å²) in [5, 5.41) is 0. The van der Waals surface area contributed by atoms with Gasteiger partial charge in [0.25, 0.3) is 0 Å². The molecule has 1 heterocycles. The lowest BCUT2D eigenvalue weighted by Gasteiger charge is -2.59. The second-order valence-electron chi connectivity index (χ2n) is 7.28. The number of nitrogens with two attached hydrogens (primary N) is 1. The van der Waals surface area contributed by atoms with Crippen LogP contribution in [0.15, 0.2) is 12.4 Å². The van der Waals surface area contributed by atoms with Gasteiger partial charge >= 0.3 is 0 Å². The summed E-state index contributed by atoms with van der Waals surface area (Å²) in [5.41, 5.74) is 3.48. The van der Waals surface area contributed by atoms with Crippen molar-refractivity contribution < 1.29 is 0 Å². The fourth-order valence-corrected chi connectivity index (χ4v) is 5.71. The number of hydrazine groups is 1. The fraction of sp³-hybridized carbons (Fsp3) is 0.800. The Morgan fingerprint density at radius 1 is 1.26 bits per heavy atom. The van der Waals surface area contributed by atoms with Crippen molar-refractivity contribution in [3.63, 3.8) is 0 Å². The SMILES string of the molecule is Cn1ccnc1C(NN)C12CC3CC(CC(C3)C1)C2. The highest BCUT2D eigenvalue weighted by atomic mass is 15.3. The first-order valence-corrected chi connectivity index (χ1v) is 7.63. The number of imidazole rings is 1. The molecule has 5 rings (SSSR count). The zero-order chi connectivity index (χ0) is 13.0. The smallest absolute Gasteiger partial charge is 0.127 e. The van der Waals surface area contributed by atoms with Crippen LogP contribution in [-0.4, -0.2) is 9.55 Å². The van der Waals surface area contributed by atoms with Gasteiger partial charge in [-0.3, -0.25) is 5.84 Å². The molecule has 104 valence electrons. The molecular formula is C15H24N4. The molecule has 1 aromatic rings. The zero-order valence-corrected chi connectivity index (χ0v) is 11.7. The van der Waals surface area contributed by atoms with E-state index in [1.165, 1.54) is 38.5 Å². The van der Waals surface area contributed by atoms with Gasteiger partial charge in [-0.2, -0.15) is 0 Å². The molecule has 0 aromatic carbocycles. The number of aryl methyl sites for hydroxylation is 1. The first-order chi connectivity index (χ1) is 9.20. The van der Waals surface area contributed by atoms with Crippen molar-refractivity contribution in [1.82, 2.24) is 15.0 Å². The van der Waals surface area contributed by atoms with Crippen LogP contribution in [0.1, 0.15) is 50.4 Å². The lowest BCUT2D eigenvalue weighted by Crippen LogP contribution is -2.53. The number of hydrogen-bond acceptors (Lipinski definition) is 3. The molecule has 4 bridgehead atoms. The monoisotopic (exact) mass is 260 g/mol. The van der Waals surface area contributed by atoms with E-state index in [-0.39, 0.29) is 6.04 Å². The van der Waals surface area contributed by atoms with Gasteiger partial charge in [0.15, 0.2) is 0 Å². The van der Waals surface area contributed by atoms with Gasteiger partial charge in [0, 0.05) is 19.4 Å². The quantitative estimate of drug-likeness (QED) is 0.646. The van der Waals surface area contributed by atoms with Crippen LogP contribution in [0.25, 0.3) is 0 Å². The molecular weight excluding hydrogens is 236 g/mol. The van der Waals surface area contributed by atoms with Crippen LogP contribution < -0.4 is 11.3 Å². The van der Waals surface area contributed by atoms with E-state index >= 15 is 0 Å². The van der Waals surface area contributed by atoms with Crippen molar-refractivity contribution in [2.45, 2.75) is 44.6 Å². The lowest BCUT2D eigenvalue weighted by molar-refractivity contribution is -0.0769. The second kappa shape index (κ2) is 4.06. The molecule has 4 saturated carbocycles. The molecule has 4 aliphatic rings. The molecule has 19 heavy (non-hydrogen) atoms. The summed E-state index contributed by atoms with van der Waals surface area (Å²) in [6, 6.07) is 0.223. The lowest BCUT2D eigenvalue weighted by atomic mass is 9.47. The largest absolute Gasteiger partial charge is 0.337 e. The van der Waals surface area contributed by atoms with E-state index in [1.54, 1.807) is 0 Å². The minimum Gasteiger partial charge on any atom is -0.337 e. The van der Waals surface area contributed by atoms with Crippen molar-refractivity contribution in [1.29, 1.82) is 0 Å². The molecule has 4 fully saturated rings. The number of rotatable bonds is 3. The third-order valence-corrected chi connectivity index (χ3v) is 5.98. The Balaban J connectivity index is 1.72. The summed E-state index contributed by atoms with van der Waals surface area (Å²) in [7, 11) is 2.08. The topological polar surface area (TPSA) is 55.9 Å². The molecule has 0 saturated heterocycles. The van der Waals surface area contributed by atoms with Crippen molar-refractivity contribution in [2.24, 2.45) is 36.1 Å². The Morgan fingerprint density at radius 2 is 1.84 bits per heavy atom. The van der Waals surface area contributed by atoms with Gasteiger partial charge in [-0.05, 0) is 61.7 Å². The predicted octanol–water partition coefficient (Wildman–Crippen LogP) is 2.14. The molecule has 1 atom stereocenters. The van der Waals surface area contributed by atoms with E-state index in [9.17, 15) is 0 Å². The van der Waals surface area contributed by atoms with Gasteiger partial charge in [0.2, 0.25) is 0 Å². The summed E-state index contributed by atoms with van der Waals surface area (Å²) < 4.78 is 2.13. The molecule has 1 unspecified atom stereocenters. The standard InChI is InChI=1S/C15H24N4/c1-19-3-2-17-14(19)13(18-16)15-7-10-4-11(8-15)6-12(5-10)9-15/h2-3,10-13,18H,4-9,16H2,1H3. The van der Waals surface area contributed by atoms with E-state index in [2.05, 4.69) is 22.0 Å². The third kappa shape index (κ3) is 1.69. The average Bonchev–Trinajstić information content (AvgIpc) is 2.74. The van der Waals surface area contributed by atoms with Gasteiger partial charge in [0.1, 0.15) is 5.82 Å². The van der Waals surface area contributed by atoms with Crippen molar-refractivity contribution in [3.8, 4) is 0 Å². The number of nitrogens with one attached hydrogen (secondary N) is 1. The Labute approximate surface area is 114 Å². The highest BCUT2D eigenvalue weighted by Crippen LogP contribution is 2.63. The molecule has 4 aliphatic carbocycles. The molecule has 0 radical (unpaired) electrons. The van der Waals surface area contributed by atoms with E-state index in [1.807, 2.05) is 12.4 Å². The van der Waals surface area contributed by atoms with Gasteiger partial charge in [-0.1, -0.05) is 0 Å². The summed E-state index contributed by atoms with van der Waals surface area (Å²) in [5.74, 6) is 9.91. The molecule has 4 nitrogen and oxygen atoms in total. The molecule has 1 aromatic heterocycles. The summed E-state index contributed by atoms with van der Waals surface area (Å²) in [6.07, 6.45) is 12.4. The van der Waals surface area contributed by atoms with E-state index in [0.29, 0.717) is 5.41 Å². The summed E-state index contributed by atoms with van der Waals surface area (Å²) >= 11 is 0. The Hall–Kier alpha value is -0.870. The van der Waals surface area contributed by atoms with E-state index < -0.39 is 0 Å². The van der Waals surface area contributed by atoms with Gasteiger partial charge < -0.3 is 4.57 Å². The maximum Gasteiger partial charge on any atom is 0.127 e. The van der Waals surface area contributed by atoms with Crippen LogP contribution in [-0.2, 0) is 7.05 Å². The van der Waals surface area contributed by atoms with Gasteiger partial charge in [-0.25, -0.2) is 10.4 Å². The maximum absolute atomic E-state index is 5.95. The van der Waals surface area contributed by atoms with Crippen LogP contribution in [0.4, 0.5) is 0 Å². The highest BCUT2D eigenvalue weighted by molar-refractivity contribution is 5.12. The van der Waals surface area contributed by atoms with Crippen molar-refractivity contribution in [2.75, 3.05) is 0 Å². The normalized spacial score (nSPS) is 41.7. The van der Waals surface area contributed by atoms with Crippen LogP contribution in [0.2, 0.25) is 0 Å². The number of aromatic nitrogens is 2. The Morgan fingerprint density at radius 3 is 2.26 bits per heavy atom. The van der Waals surface area contributed by atoms with E-state index in [0.717, 1.165) is 23.6 Å². The maximum atomic E-state index is 5.95. The Bertz CT molecular complexity index is 443. The summed E-state index contributed by atoms with van der Waals surface area (Å²) in [6.45, 7) is 0. The Kier molecular flexibility index (Phi) is 2.55. The average molecular weight is 260 g/mol. The fourth-order valence-electron chi connectivity index (χ4n) is 5.71. The van der Waals surface area contributed by atoms with Crippen molar-refractivity contribution in [3.05, 3.63) is 18.2 Å². The van der Waals surface area contributed by atoms with Crippen LogP contribution in [0.5, 0.6) is 0 Å².